The van der Waals surface area contributed by atoms with Crippen LogP contribution >= 0.6 is 0 Å². The van der Waals surface area contributed by atoms with Crippen LogP contribution in [-0.2, 0) is 10.0 Å². The van der Waals surface area contributed by atoms with Crippen molar-refractivity contribution in [3.63, 3.8) is 0 Å². The molecule has 28 heavy (non-hydrogen) atoms. The number of benzene rings is 1. The highest BCUT2D eigenvalue weighted by Gasteiger charge is 2.12. The molecule has 3 N–H and O–H groups in total. The Balaban J connectivity index is 1.62. The maximum atomic E-state index is 12.3. The van der Waals surface area contributed by atoms with E-state index in [1.54, 1.807) is 31.3 Å². The monoisotopic (exact) mass is 409 g/mol. The molecule has 0 spiro atoms. The molecule has 0 atom stereocenters. The first-order valence-electron chi connectivity index (χ1n) is 10.2. The van der Waals surface area contributed by atoms with Gasteiger partial charge in [-0.2, -0.15) is 0 Å². The highest BCUT2D eigenvalue weighted by molar-refractivity contribution is 7.89. The zero-order valence-corrected chi connectivity index (χ0v) is 18.0. The second-order valence-corrected chi connectivity index (χ2v) is 9.01. The molecular formula is C20H35N5O2S. The molecule has 1 heterocycles. The molecule has 1 fully saturated rings. The summed E-state index contributed by atoms with van der Waals surface area (Å²) < 4.78 is 27.1. The van der Waals surface area contributed by atoms with Crippen LogP contribution in [0.25, 0.3) is 0 Å². The van der Waals surface area contributed by atoms with Gasteiger partial charge in [0.25, 0.3) is 0 Å². The van der Waals surface area contributed by atoms with Gasteiger partial charge in [-0.25, -0.2) is 13.1 Å². The van der Waals surface area contributed by atoms with Gasteiger partial charge in [-0.1, -0.05) is 30.5 Å². The van der Waals surface area contributed by atoms with Gasteiger partial charge >= 0.3 is 0 Å². The van der Waals surface area contributed by atoms with Crippen molar-refractivity contribution in [1.82, 2.24) is 20.3 Å². The van der Waals surface area contributed by atoms with Crippen LogP contribution in [0.5, 0.6) is 0 Å². The lowest BCUT2D eigenvalue weighted by Gasteiger charge is -2.20. The van der Waals surface area contributed by atoms with Crippen molar-refractivity contribution in [2.75, 3.05) is 46.3 Å². The molecule has 1 saturated heterocycles. The lowest BCUT2D eigenvalue weighted by atomic mass is 10.2. The maximum absolute atomic E-state index is 12.3. The van der Waals surface area contributed by atoms with Crippen LogP contribution in [0.1, 0.15) is 37.7 Å². The van der Waals surface area contributed by atoms with E-state index in [-0.39, 0.29) is 4.90 Å². The van der Waals surface area contributed by atoms with E-state index in [1.165, 1.54) is 38.8 Å². The van der Waals surface area contributed by atoms with E-state index in [4.69, 9.17) is 0 Å². The fraction of sp³-hybridized carbons (Fsp3) is 0.650. The number of nitrogens with zero attached hydrogens (tertiary/aromatic N) is 2. The molecule has 158 valence electrons. The molecule has 1 aromatic rings. The number of guanidine groups is 1. The Labute approximate surface area is 170 Å². The highest BCUT2D eigenvalue weighted by Crippen LogP contribution is 2.10. The van der Waals surface area contributed by atoms with Crippen LogP contribution in [0.4, 0.5) is 0 Å². The van der Waals surface area contributed by atoms with Gasteiger partial charge in [0.05, 0.1) is 4.90 Å². The number of sulfonamides is 1. The predicted molar refractivity (Wildman–Crippen MR) is 115 cm³/mol. The third-order valence-electron chi connectivity index (χ3n) is 4.91. The first-order valence-corrected chi connectivity index (χ1v) is 11.7. The van der Waals surface area contributed by atoms with E-state index >= 15 is 0 Å². The summed E-state index contributed by atoms with van der Waals surface area (Å²) >= 11 is 0. The topological polar surface area (TPSA) is 85.8 Å². The number of likely N-dealkylation sites (tertiary alicyclic amines) is 1. The molecule has 1 aromatic carbocycles. The number of hydrogen-bond donors (Lipinski definition) is 3. The fourth-order valence-electron chi connectivity index (χ4n) is 3.26. The Morgan fingerprint density at radius 3 is 2.29 bits per heavy atom. The molecule has 8 heteroatoms. The van der Waals surface area contributed by atoms with Crippen LogP contribution in [0.3, 0.4) is 0 Å². The van der Waals surface area contributed by atoms with Gasteiger partial charge in [0.15, 0.2) is 5.96 Å². The summed E-state index contributed by atoms with van der Waals surface area (Å²) in [7, 11) is -1.75. The van der Waals surface area contributed by atoms with Gasteiger partial charge in [-0.3, -0.25) is 4.99 Å². The summed E-state index contributed by atoms with van der Waals surface area (Å²) in [6, 6.07) is 6.83. The third-order valence-corrected chi connectivity index (χ3v) is 6.38. The minimum atomic E-state index is -3.47. The molecular weight excluding hydrogens is 374 g/mol. The minimum absolute atomic E-state index is 0.286. The Bertz CT molecular complexity index is 696. The van der Waals surface area contributed by atoms with Crippen LogP contribution in [0.15, 0.2) is 34.2 Å². The number of hydrogen-bond acceptors (Lipinski definition) is 4. The second kappa shape index (κ2) is 12.0. The lowest BCUT2D eigenvalue weighted by molar-refractivity contribution is 0.282. The number of rotatable bonds is 9. The molecule has 7 nitrogen and oxygen atoms in total. The van der Waals surface area contributed by atoms with Gasteiger partial charge in [0.1, 0.15) is 0 Å². The first kappa shape index (κ1) is 22.6. The molecule has 0 bridgehead atoms. The van der Waals surface area contributed by atoms with Crippen LogP contribution < -0.4 is 15.4 Å². The summed E-state index contributed by atoms with van der Waals surface area (Å²) in [5.74, 6) is 0.699. The van der Waals surface area contributed by atoms with Crippen molar-refractivity contribution >= 4 is 16.0 Å². The normalized spacial score (nSPS) is 16.6. The van der Waals surface area contributed by atoms with Crippen molar-refractivity contribution in [3.8, 4) is 0 Å². The molecule has 2 rings (SSSR count). The molecule has 0 radical (unpaired) electrons. The second-order valence-electron chi connectivity index (χ2n) is 7.25. The standard InChI is InChI=1S/C20H35N5O2S/c1-18-8-10-19(11-9-18)28(26,27)24-14-13-23-20(21-2)22-12-7-17-25-15-5-3-4-6-16-25/h8-11,24H,3-7,12-17H2,1-2H3,(H2,21,22,23). The Hall–Kier alpha value is -1.64. The van der Waals surface area contributed by atoms with E-state index in [0.717, 1.165) is 25.1 Å². The van der Waals surface area contributed by atoms with Crippen LogP contribution in [0.2, 0.25) is 0 Å². The van der Waals surface area contributed by atoms with Crippen molar-refractivity contribution in [1.29, 1.82) is 0 Å². The summed E-state index contributed by atoms with van der Waals surface area (Å²) in [5, 5.41) is 6.44. The number of aliphatic imine (C=N–C) groups is 1. The van der Waals surface area contributed by atoms with E-state index in [9.17, 15) is 8.42 Å². The Morgan fingerprint density at radius 2 is 1.64 bits per heavy atom. The minimum Gasteiger partial charge on any atom is -0.356 e. The quantitative estimate of drug-likeness (QED) is 0.328. The molecule has 0 aromatic heterocycles. The zero-order valence-electron chi connectivity index (χ0n) is 17.2. The molecule has 0 unspecified atom stereocenters. The number of aryl methyl sites for hydroxylation is 1. The first-order chi connectivity index (χ1) is 13.5. The van der Waals surface area contributed by atoms with Crippen molar-refractivity contribution < 1.29 is 8.42 Å². The summed E-state index contributed by atoms with van der Waals surface area (Å²) in [4.78, 5) is 7.03. The molecule has 0 aliphatic carbocycles. The summed E-state index contributed by atoms with van der Waals surface area (Å²) in [5.41, 5.74) is 1.03. The highest BCUT2D eigenvalue weighted by atomic mass is 32.2. The van der Waals surface area contributed by atoms with Crippen molar-refractivity contribution in [2.24, 2.45) is 4.99 Å². The van der Waals surface area contributed by atoms with E-state index in [1.807, 2.05) is 6.92 Å². The van der Waals surface area contributed by atoms with Crippen molar-refractivity contribution in [3.05, 3.63) is 29.8 Å². The largest absolute Gasteiger partial charge is 0.356 e. The smallest absolute Gasteiger partial charge is 0.240 e. The molecule has 1 aliphatic heterocycles. The van der Waals surface area contributed by atoms with E-state index in [2.05, 4.69) is 25.2 Å². The van der Waals surface area contributed by atoms with Crippen LogP contribution in [-0.4, -0.2) is 65.6 Å². The SMILES string of the molecule is CN=C(NCCCN1CCCCCC1)NCCNS(=O)(=O)c1ccc(C)cc1. The zero-order chi connectivity index (χ0) is 20.2. The third kappa shape index (κ3) is 8.16. The van der Waals surface area contributed by atoms with Gasteiger partial charge in [0, 0.05) is 26.7 Å². The molecule has 1 aliphatic rings. The van der Waals surface area contributed by atoms with Crippen molar-refractivity contribution in [2.45, 2.75) is 43.9 Å². The van der Waals surface area contributed by atoms with Gasteiger partial charge in [-0.05, 0) is 58.0 Å². The average molecular weight is 410 g/mol. The number of nitrogens with one attached hydrogen (secondary N) is 3. The fourth-order valence-corrected chi connectivity index (χ4v) is 4.29. The molecule has 0 saturated carbocycles. The predicted octanol–water partition coefficient (Wildman–Crippen LogP) is 1.70. The lowest BCUT2D eigenvalue weighted by Crippen LogP contribution is -2.42. The van der Waals surface area contributed by atoms with Gasteiger partial charge in [0.2, 0.25) is 10.0 Å². The van der Waals surface area contributed by atoms with Gasteiger partial charge in [-0.15, -0.1) is 0 Å². The maximum Gasteiger partial charge on any atom is 0.240 e. The Morgan fingerprint density at radius 1 is 1.00 bits per heavy atom. The average Bonchev–Trinajstić information content (AvgIpc) is 2.96. The van der Waals surface area contributed by atoms with Gasteiger partial charge < -0.3 is 15.5 Å². The molecule has 0 amide bonds. The Kier molecular flexibility index (Phi) is 9.73. The summed E-state index contributed by atoms with van der Waals surface area (Å²) in [6.45, 7) is 7.09. The van der Waals surface area contributed by atoms with E-state index in [0.29, 0.717) is 19.0 Å². The van der Waals surface area contributed by atoms with Crippen LogP contribution in [0, 0.1) is 6.92 Å². The van der Waals surface area contributed by atoms with E-state index < -0.39 is 10.0 Å². The summed E-state index contributed by atoms with van der Waals surface area (Å²) in [6.07, 6.45) is 6.42.